The Morgan fingerprint density at radius 2 is 1.47 bits per heavy atom. The molecule has 1 heterocycles. The maximum Gasteiger partial charge on any atom is 0.257 e. The highest BCUT2D eigenvalue weighted by Crippen LogP contribution is 2.45. The van der Waals surface area contributed by atoms with Crippen molar-refractivity contribution < 1.29 is 9.59 Å². The number of para-hydroxylation sites is 1. The predicted octanol–water partition coefficient (Wildman–Crippen LogP) is 6.43. The van der Waals surface area contributed by atoms with Crippen LogP contribution in [0.4, 0.5) is 11.4 Å². The zero-order valence-electron chi connectivity index (χ0n) is 15.9. The number of anilines is 2. The van der Waals surface area contributed by atoms with E-state index in [9.17, 15) is 9.59 Å². The minimum absolute atomic E-state index is 0.262. The fourth-order valence-electron chi connectivity index (χ4n) is 3.14. The lowest BCUT2D eigenvalue weighted by Gasteiger charge is -2.14. The van der Waals surface area contributed by atoms with Gasteiger partial charge in [-0.25, -0.2) is 0 Å². The van der Waals surface area contributed by atoms with Crippen molar-refractivity contribution in [3.05, 3.63) is 94.0 Å². The van der Waals surface area contributed by atoms with Crippen LogP contribution in [0.2, 0.25) is 0 Å². The van der Waals surface area contributed by atoms with Gasteiger partial charge in [0.05, 0.1) is 21.4 Å². The molecule has 1 saturated heterocycles. The van der Waals surface area contributed by atoms with Crippen molar-refractivity contribution in [3.63, 3.8) is 0 Å². The van der Waals surface area contributed by atoms with E-state index in [-0.39, 0.29) is 11.8 Å². The van der Waals surface area contributed by atoms with Gasteiger partial charge in [-0.3, -0.25) is 9.59 Å². The van der Waals surface area contributed by atoms with Crippen LogP contribution >= 0.6 is 39.5 Å². The van der Waals surface area contributed by atoms with Crippen LogP contribution < -0.4 is 10.6 Å². The highest BCUT2D eigenvalue weighted by Gasteiger charge is 2.19. The van der Waals surface area contributed by atoms with Gasteiger partial charge in [-0.2, -0.15) is 0 Å². The molecule has 2 N–H and O–H groups in total. The number of carbonyl (C=O) groups excluding carboxylic acids is 2. The SMILES string of the molecule is O=C(Nc1ccccc1C(=O)Nc1cccc(C2SCCS2)c1)c1ccccc1Br. The number of hydrogen-bond donors (Lipinski definition) is 2. The van der Waals surface area contributed by atoms with Crippen molar-refractivity contribution in [1.82, 2.24) is 0 Å². The van der Waals surface area contributed by atoms with Crippen LogP contribution in [0.1, 0.15) is 30.9 Å². The molecule has 4 rings (SSSR count). The summed E-state index contributed by atoms with van der Waals surface area (Å²) in [6.07, 6.45) is 0. The predicted molar refractivity (Wildman–Crippen MR) is 131 cm³/mol. The van der Waals surface area contributed by atoms with Gasteiger partial charge in [0.25, 0.3) is 11.8 Å². The minimum Gasteiger partial charge on any atom is -0.322 e. The first-order valence-electron chi connectivity index (χ1n) is 9.41. The van der Waals surface area contributed by atoms with E-state index >= 15 is 0 Å². The van der Waals surface area contributed by atoms with E-state index in [1.54, 1.807) is 42.5 Å². The fraction of sp³-hybridized carbons (Fsp3) is 0.130. The van der Waals surface area contributed by atoms with Gasteiger partial charge in [0.15, 0.2) is 0 Å². The second-order valence-corrected chi connectivity index (χ2v) is 10.2. The summed E-state index contributed by atoms with van der Waals surface area (Å²) in [5, 5.41) is 5.82. The summed E-state index contributed by atoms with van der Waals surface area (Å²) in [7, 11) is 0. The molecule has 0 atom stereocenters. The normalized spacial score (nSPS) is 13.8. The minimum atomic E-state index is -0.278. The number of hydrogen-bond acceptors (Lipinski definition) is 4. The van der Waals surface area contributed by atoms with Crippen LogP contribution in [0.5, 0.6) is 0 Å². The molecule has 4 nitrogen and oxygen atoms in total. The van der Waals surface area contributed by atoms with Gasteiger partial charge in [0, 0.05) is 21.7 Å². The van der Waals surface area contributed by atoms with Gasteiger partial charge in [-0.15, -0.1) is 23.5 Å². The average Bonchev–Trinajstić information content (AvgIpc) is 3.29. The highest BCUT2D eigenvalue weighted by atomic mass is 79.9. The largest absolute Gasteiger partial charge is 0.322 e. The van der Waals surface area contributed by atoms with Crippen molar-refractivity contribution in [2.75, 3.05) is 22.1 Å². The van der Waals surface area contributed by atoms with Gasteiger partial charge in [-0.05, 0) is 57.9 Å². The Bertz CT molecular complexity index is 1080. The van der Waals surface area contributed by atoms with Crippen molar-refractivity contribution >= 4 is 62.6 Å². The molecule has 0 spiro atoms. The Labute approximate surface area is 192 Å². The maximum atomic E-state index is 13.0. The van der Waals surface area contributed by atoms with Crippen LogP contribution in [0.3, 0.4) is 0 Å². The average molecular weight is 499 g/mol. The van der Waals surface area contributed by atoms with E-state index < -0.39 is 0 Å². The monoisotopic (exact) mass is 498 g/mol. The summed E-state index contributed by atoms with van der Waals surface area (Å²) in [5.41, 5.74) is 3.34. The molecule has 0 bridgehead atoms. The van der Waals surface area contributed by atoms with E-state index in [1.807, 2.05) is 47.8 Å². The lowest BCUT2D eigenvalue weighted by molar-refractivity contribution is 0.102. The number of carbonyl (C=O) groups is 2. The Balaban J connectivity index is 1.52. The van der Waals surface area contributed by atoms with E-state index in [4.69, 9.17) is 0 Å². The topological polar surface area (TPSA) is 58.2 Å². The smallest absolute Gasteiger partial charge is 0.257 e. The highest BCUT2D eigenvalue weighted by molar-refractivity contribution is 9.10. The molecule has 0 unspecified atom stereocenters. The van der Waals surface area contributed by atoms with Crippen LogP contribution in [-0.2, 0) is 0 Å². The molecular weight excluding hydrogens is 480 g/mol. The summed E-state index contributed by atoms with van der Waals surface area (Å²) in [4.78, 5) is 25.7. The molecule has 0 aliphatic carbocycles. The molecule has 1 aliphatic heterocycles. The molecular formula is C23H19BrN2O2S2. The number of nitrogens with one attached hydrogen (secondary N) is 2. The molecule has 2 amide bonds. The molecule has 3 aromatic rings. The summed E-state index contributed by atoms with van der Waals surface area (Å²) >= 11 is 7.25. The lowest BCUT2D eigenvalue weighted by Crippen LogP contribution is -2.18. The molecule has 1 aliphatic rings. The van der Waals surface area contributed by atoms with Gasteiger partial charge < -0.3 is 10.6 Å². The Morgan fingerprint density at radius 1 is 0.800 bits per heavy atom. The standard InChI is InChI=1S/C23H19BrN2O2S2/c24-19-10-3-1-8-17(19)21(27)26-20-11-4-2-9-18(20)22(28)25-16-7-5-6-15(14-16)23-29-12-13-30-23/h1-11,14,23H,12-13H2,(H,25,28)(H,26,27). The summed E-state index contributed by atoms with van der Waals surface area (Å²) in [5.74, 6) is 1.76. The molecule has 3 aromatic carbocycles. The first-order chi connectivity index (χ1) is 14.6. The number of thioether (sulfide) groups is 2. The lowest BCUT2D eigenvalue weighted by atomic mass is 10.1. The van der Waals surface area contributed by atoms with Crippen molar-refractivity contribution in [2.45, 2.75) is 4.58 Å². The Kier molecular flexibility index (Phi) is 6.82. The van der Waals surface area contributed by atoms with Crippen molar-refractivity contribution in [1.29, 1.82) is 0 Å². The third kappa shape index (κ3) is 4.91. The Morgan fingerprint density at radius 3 is 2.23 bits per heavy atom. The van der Waals surface area contributed by atoms with E-state index in [0.29, 0.717) is 25.9 Å². The third-order valence-corrected chi connectivity index (χ3v) is 8.37. The number of halogens is 1. The molecule has 0 radical (unpaired) electrons. The molecule has 7 heteroatoms. The Hall–Kier alpha value is -2.22. The first-order valence-corrected chi connectivity index (χ1v) is 12.3. The summed E-state index contributed by atoms with van der Waals surface area (Å²) in [6, 6.07) is 22.2. The van der Waals surface area contributed by atoms with Gasteiger partial charge in [0.2, 0.25) is 0 Å². The molecule has 152 valence electrons. The van der Waals surface area contributed by atoms with Gasteiger partial charge >= 0.3 is 0 Å². The molecule has 30 heavy (non-hydrogen) atoms. The molecule has 0 aromatic heterocycles. The second kappa shape index (κ2) is 9.73. The van der Waals surface area contributed by atoms with E-state index in [1.165, 1.54) is 5.56 Å². The van der Waals surface area contributed by atoms with Crippen LogP contribution in [0.15, 0.2) is 77.3 Å². The number of amides is 2. The molecule has 1 fully saturated rings. The first kappa shape index (κ1) is 21.0. The second-order valence-electron chi connectivity index (χ2n) is 6.63. The van der Waals surface area contributed by atoms with Crippen LogP contribution in [-0.4, -0.2) is 23.3 Å². The van der Waals surface area contributed by atoms with Gasteiger partial charge in [-0.1, -0.05) is 36.4 Å². The van der Waals surface area contributed by atoms with Crippen molar-refractivity contribution in [2.24, 2.45) is 0 Å². The zero-order chi connectivity index (χ0) is 20.9. The molecule has 0 saturated carbocycles. The van der Waals surface area contributed by atoms with E-state index in [2.05, 4.69) is 32.6 Å². The third-order valence-electron chi connectivity index (χ3n) is 4.58. The number of benzene rings is 3. The van der Waals surface area contributed by atoms with Gasteiger partial charge in [0.1, 0.15) is 0 Å². The van der Waals surface area contributed by atoms with E-state index in [0.717, 1.165) is 17.2 Å². The zero-order valence-corrected chi connectivity index (χ0v) is 19.1. The van der Waals surface area contributed by atoms with Crippen LogP contribution in [0, 0.1) is 0 Å². The maximum absolute atomic E-state index is 13.0. The fourth-order valence-corrected chi connectivity index (χ4v) is 6.44. The summed E-state index contributed by atoms with van der Waals surface area (Å²) in [6.45, 7) is 0. The summed E-state index contributed by atoms with van der Waals surface area (Å²) < 4.78 is 1.11. The number of rotatable bonds is 5. The van der Waals surface area contributed by atoms with Crippen molar-refractivity contribution in [3.8, 4) is 0 Å². The van der Waals surface area contributed by atoms with Crippen LogP contribution in [0.25, 0.3) is 0 Å². The quantitative estimate of drug-likeness (QED) is 0.425.